The van der Waals surface area contributed by atoms with Crippen molar-refractivity contribution in [2.75, 3.05) is 21.3 Å². The van der Waals surface area contributed by atoms with E-state index >= 15 is 0 Å². The summed E-state index contributed by atoms with van der Waals surface area (Å²) in [5, 5.41) is 1.90. The highest BCUT2D eigenvalue weighted by Crippen LogP contribution is 2.56. The molecule has 0 saturated heterocycles. The third-order valence-corrected chi connectivity index (χ3v) is 6.81. The minimum absolute atomic E-state index is 0.0724. The largest absolute Gasteiger partial charge is 0.496 e. The first-order chi connectivity index (χ1) is 18.3. The summed E-state index contributed by atoms with van der Waals surface area (Å²) in [6.45, 7) is 10.5. The van der Waals surface area contributed by atoms with Crippen molar-refractivity contribution in [3.8, 4) is 28.7 Å². The highest BCUT2D eigenvalue weighted by Gasteiger charge is 2.38. The average Bonchev–Trinajstić information content (AvgIpc) is 2.87. The monoisotopic (exact) mass is 536 g/mol. The van der Waals surface area contributed by atoms with Crippen LogP contribution in [0.4, 0.5) is 0 Å². The topological polar surface area (TPSA) is 97.4 Å². The highest BCUT2D eigenvalue weighted by atomic mass is 16.5. The van der Waals surface area contributed by atoms with Gasteiger partial charge in [0.15, 0.2) is 11.5 Å². The van der Waals surface area contributed by atoms with Crippen LogP contribution in [0.5, 0.6) is 28.7 Å². The van der Waals surface area contributed by atoms with Gasteiger partial charge in [0.2, 0.25) is 0 Å². The number of ether oxygens (including phenoxy) is 5. The second kappa shape index (κ2) is 10.1. The highest BCUT2D eigenvalue weighted by molar-refractivity contribution is 6.21. The lowest BCUT2D eigenvalue weighted by molar-refractivity contribution is -0.143. The summed E-state index contributed by atoms with van der Waals surface area (Å²) < 4.78 is 29.8. The molecular formula is C31H36O8. The van der Waals surface area contributed by atoms with Crippen molar-refractivity contribution in [1.82, 2.24) is 0 Å². The van der Waals surface area contributed by atoms with Crippen LogP contribution in [0.25, 0.3) is 21.5 Å². The maximum atomic E-state index is 13.5. The zero-order valence-electron chi connectivity index (χ0n) is 24.1. The maximum Gasteiger partial charge on any atom is 0.316 e. The van der Waals surface area contributed by atoms with E-state index in [9.17, 15) is 14.4 Å². The summed E-state index contributed by atoms with van der Waals surface area (Å²) in [7, 11) is 4.55. The molecule has 3 aromatic rings. The summed E-state index contributed by atoms with van der Waals surface area (Å²) in [5.41, 5.74) is -0.958. The molecule has 0 unspecified atom stereocenters. The molecule has 0 heterocycles. The minimum atomic E-state index is -0.861. The van der Waals surface area contributed by atoms with E-state index in [1.165, 1.54) is 14.2 Å². The first-order valence-electron chi connectivity index (χ1n) is 13.0. The lowest BCUT2D eigenvalue weighted by Gasteiger charge is -2.28. The summed E-state index contributed by atoms with van der Waals surface area (Å²) in [5.74, 6) is 0.264. The van der Waals surface area contributed by atoms with Crippen molar-refractivity contribution in [2.45, 2.75) is 60.8 Å². The number of rotatable bonds is 5. The number of carbonyl (C=O) groups excluding carboxylic acids is 3. The standard InChI is InChI=1S/C31H36O8/c1-30(2,3)28(33)38-25-16-12-10-14-18(32)20(16)27(39-29(34)31(4,5)6)23-22(25)24(36-8)17-13-11-15-19(35-7)21(17)26(23)37-9/h11,13,15H,10,12,14H2,1-9H3. The van der Waals surface area contributed by atoms with Gasteiger partial charge in [0.25, 0.3) is 0 Å². The molecule has 1 aliphatic carbocycles. The molecule has 0 N–H and O–H groups in total. The summed E-state index contributed by atoms with van der Waals surface area (Å²) in [6.07, 6.45) is 1.28. The number of ketones is 1. The van der Waals surface area contributed by atoms with Gasteiger partial charge in [-0.25, -0.2) is 0 Å². The number of hydrogen-bond acceptors (Lipinski definition) is 8. The van der Waals surface area contributed by atoms with E-state index in [4.69, 9.17) is 23.7 Å². The molecule has 0 radical (unpaired) electrons. The third-order valence-electron chi connectivity index (χ3n) is 6.81. The fourth-order valence-electron chi connectivity index (χ4n) is 4.78. The Kier molecular flexibility index (Phi) is 7.27. The molecule has 39 heavy (non-hydrogen) atoms. The van der Waals surface area contributed by atoms with Crippen LogP contribution in [-0.4, -0.2) is 39.1 Å². The molecule has 0 fully saturated rings. The van der Waals surface area contributed by atoms with Crippen LogP contribution < -0.4 is 23.7 Å². The molecule has 0 amide bonds. The van der Waals surface area contributed by atoms with E-state index < -0.39 is 22.8 Å². The molecule has 0 saturated carbocycles. The number of carbonyl (C=O) groups is 3. The molecule has 0 atom stereocenters. The van der Waals surface area contributed by atoms with E-state index in [-0.39, 0.29) is 29.3 Å². The second-order valence-electron chi connectivity index (χ2n) is 11.8. The van der Waals surface area contributed by atoms with Gasteiger partial charge in [-0.05, 0) is 60.5 Å². The van der Waals surface area contributed by atoms with Gasteiger partial charge in [0.1, 0.15) is 23.0 Å². The van der Waals surface area contributed by atoms with Gasteiger partial charge in [-0.15, -0.1) is 0 Å². The molecule has 3 aromatic carbocycles. The number of hydrogen-bond donors (Lipinski definition) is 0. The smallest absolute Gasteiger partial charge is 0.316 e. The van der Waals surface area contributed by atoms with Crippen molar-refractivity contribution in [3.63, 3.8) is 0 Å². The Hall–Kier alpha value is -3.81. The SMILES string of the molecule is COc1cccc2c(OC)c3c(OC(=O)C(C)(C)C)c4c(c(OC(=O)C(C)(C)C)c3c(OC)c12)C(=O)CCC4. The fourth-order valence-corrected chi connectivity index (χ4v) is 4.78. The maximum absolute atomic E-state index is 13.5. The van der Waals surface area contributed by atoms with Gasteiger partial charge >= 0.3 is 11.9 Å². The number of Topliss-reactive ketones (excluding diaryl/α,β-unsaturated/α-hetero) is 1. The third kappa shape index (κ3) is 4.77. The molecule has 0 bridgehead atoms. The lowest BCUT2D eigenvalue weighted by Crippen LogP contribution is -2.29. The zero-order valence-corrected chi connectivity index (χ0v) is 24.1. The van der Waals surface area contributed by atoms with Gasteiger partial charge in [-0.2, -0.15) is 0 Å². The number of esters is 2. The fraction of sp³-hybridized carbons (Fsp3) is 0.452. The first kappa shape index (κ1) is 28.2. The van der Waals surface area contributed by atoms with E-state index in [0.717, 1.165) is 0 Å². The Balaban J connectivity index is 2.33. The molecule has 0 aliphatic heterocycles. The van der Waals surface area contributed by atoms with E-state index in [0.29, 0.717) is 57.2 Å². The van der Waals surface area contributed by atoms with E-state index in [1.807, 2.05) is 12.1 Å². The quantitative estimate of drug-likeness (QED) is 0.209. The molecule has 1 aliphatic rings. The molecule has 0 aromatic heterocycles. The van der Waals surface area contributed by atoms with Crippen molar-refractivity contribution < 1.29 is 38.1 Å². The van der Waals surface area contributed by atoms with Crippen LogP contribution in [0.3, 0.4) is 0 Å². The minimum Gasteiger partial charge on any atom is -0.496 e. The molecule has 4 rings (SSSR count). The molecule has 8 heteroatoms. The lowest BCUT2D eigenvalue weighted by atomic mass is 9.84. The van der Waals surface area contributed by atoms with Gasteiger partial charge < -0.3 is 23.7 Å². The van der Waals surface area contributed by atoms with E-state index in [1.54, 1.807) is 54.7 Å². The van der Waals surface area contributed by atoms with Crippen molar-refractivity contribution >= 4 is 39.3 Å². The summed E-state index contributed by atoms with van der Waals surface area (Å²) in [4.78, 5) is 40.1. The van der Waals surface area contributed by atoms with Crippen LogP contribution in [0.15, 0.2) is 18.2 Å². The summed E-state index contributed by atoms with van der Waals surface area (Å²) >= 11 is 0. The zero-order chi connectivity index (χ0) is 28.9. The van der Waals surface area contributed by atoms with Crippen LogP contribution in [0.1, 0.15) is 70.3 Å². The van der Waals surface area contributed by atoms with Crippen LogP contribution in [0.2, 0.25) is 0 Å². The molecule has 8 nitrogen and oxygen atoms in total. The van der Waals surface area contributed by atoms with Crippen LogP contribution in [-0.2, 0) is 16.0 Å². The predicted molar refractivity (Wildman–Crippen MR) is 149 cm³/mol. The summed E-state index contributed by atoms with van der Waals surface area (Å²) in [6, 6.07) is 5.44. The van der Waals surface area contributed by atoms with Crippen LogP contribution in [0, 0.1) is 10.8 Å². The number of benzene rings is 3. The second-order valence-corrected chi connectivity index (χ2v) is 11.8. The van der Waals surface area contributed by atoms with Gasteiger partial charge in [0.05, 0.1) is 53.9 Å². The Morgan fingerprint density at radius 1 is 0.692 bits per heavy atom. The molecular weight excluding hydrogens is 500 g/mol. The van der Waals surface area contributed by atoms with E-state index in [2.05, 4.69) is 0 Å². The number of methoxy groups -OCH3 is 3. The molecule has 208 valence electrons. The van der Waals surface area contributed by atoms with Crippen molar-refractivity contribution in [2.24, 2.45) is 10.8 Å². The molecule has 0 spiro atoms. The van der Waals surface area contributed by atoms with Crippen molar-refractivity contribution in [3.05, 3.63) is 29.3 Å². The van der Waals surface area contributed by atoms with Gasteiger partial charge in [-0.3, -0.25) is 14.4 Å². The Labute approximate surface area is 228 Å². The average molecular weight is 537 g/mol. The van der Waals surface area contributed by atoms with Gasteiger partial charge in [-0.1, -0.05) is 12.1 Å². The first-order valence-corrected chi connectivity index (χ1v) is 13.0. The van der Waals surface area contributed by atoms with Gasteiger partial charge in [0, 0.05) is 17.4 Å². The van der Waals surface area contributed by atoms with Crippen LogP contribution >= 0.6 is 0 Å². The Morgan fingerprint density at radius 3 is 1.79 bits per heavy atom. The number of fused-ring (bicyclic) bond motifs is 3. The Bertz CT molecular complexity index is 1500. The predicted octanol–water partition coefficient (Wildman–Crippen LogP) is 6.44. The normalized spacial score (nSPS) is 13.7. The Morgan fingerprint density at radius 2 is 1.26 bits per heavy atom. The van der Waals surface area contributed by atoms with Crippen molar-refractivity contribution in [1.29, 1.82) is 0 Å².